The molecule has 0 atom stereocenters. The molecule has 13 heavy (non-hydrogen) atoms. The maximum absolute atomic E-state index is 12.6. The first-order chi connectivity index (χ1) is 6.25. The maximum atomic E-state index is 12.6. The Kier molecular flexibility index (Phi) is 4.15. The van der Waals surface area contributed by atoms with Gasteiger partial charge in [0, 0.05) is 6.54 Å². The van der Waals surface area contributed by atoms with Crippen LogP contribution < -0.4 is 0 Å². The first kappa shape index (κ1) is 10.4. The second-order valence-corrected chi connectivity index (χ2v) is 3.31. The molecule has 0 aliphatic carbocycles. The summed E-state index contributed by atoms with van der Waals surface area (Å²) in [4.78, 5) is 0. The van der Waals surface area contributed by atoms with Crippen LogP contribution in [-0.2, 0) is 6.54 Å². The molecule has 1 rings (SSSR count). The van der Waals surface area contributed by atoms with Crippen molar-refractivity contribution < 1.29 is 4.39 Å². The lowest BCUT2D eigenvalue weighted by atomic mass is 10.2. The first-order valence-corrected chi connectivity index (χ1v) is 4.88. The Hall–Kier alpha value is -0.640. The second kappa shape index (κ2) is 5.17. The minimum absolute atomic E-state index is 0.0106. The lowest BCUT2D eigenvalue weighted by molar-refractivity contribution is 0.528. The predicted molar refractivity (Wildman–Crippen MR) is 49.1 cm³/mol. The molecule has 0 aromatic carbocycles. The van der Waals surface area contributed by atoms with Crippen LogP contribution in [0.1, 0.15) is 32.6 Å². The minimum Gasteiger partial charge on any atom is -0.231 e. The highest BCUT2D eigenvalue weighted by Gasteiger charge is 2.08. The van der Waals surface area contributed by atoms with E-state index in [-0.39, 0.29) is 5.15 Å². The van der Waals surface area contributed by atoms with Crippen LogP contribution in [0.3, 0.4) is 0 Å². The average Bonchev–Trinajstić information content (AvgIpc) is 2.43. The number of halogens is 2. The SMILES string of the molecule is CCCCCCn1nnc(F)c1Cl. The molecule has 0 bridgehead atoms. The standard InChI is InChI=1S/C8H13ClFN3/c1-2-3-4-5-6-13-7(9)8(10)11-12-13/h2-6H2,1H3. The Labute approximate surface area is 81.9 Å². The van der Waals surface area contributed by atoms with Crippen LogP contribution in [0.4, 0.5) is 4.39 Å². The summed E-state index contributed by atoms with van der Waals surface area (Å²) in [7, 11) is 0. The van der Waals surface area contributed by atoms with Crippen molar-refractivity contribution in [3.63, 3.8) is 0 Å². The van der Waals surface area contributed by atoms with Crippen LogP contribution in [-0.4, -0.2) is 15.0 Å². The lowest BCUT2D eigenvalue weighted by Gasteiger charge is -2.00. The fourth-order valence-electron chi connectivity index (χ4n) is 1.11. The molecule has 0 unspecified atom stereocenters. The summed E-state index contributed by atoms with van der Waals surface area (Å²) in [6.07, 6.45) is 4.46. The number of hydrogen-bond acceptors (Lipinski definition) is 2. The molecule has 1 aromatic rings. The van der Waals surface area contributed by atoms with Crippen LogP contribution in [0.25, 0.3) is 0 Å². The van der Waals surface area contributed by atoms with Crippen LogP contribution >= 0.6 is 11.6 Å². The molecular weight excluding hydrogens is 193 g/mol. The fourth-order valence-corrected chi connectivity index (χ4v) is 1.27. The van der Waals surface area contributed by atoms with Crippen LogP contribution in [0.2, 0.25) is 5.15 Å². The largest absolute Gasteiger partial charge is 0.271 e. The fraction of sp³-hybridized carbons (Fsp3) is 0.750. The van der Waals surface area contributed by atoms with Gasteiger partial charge in [0.2, 0.25) is 0 Å². The van der Waals surface area contributed by atoms with E-state index in [0.29, 0.717) is 6.54 Å². The summed E-state index contributed by atoms with van der Waals surface area (Å²) in [6.45, 7) is 2.79. The number of aromatic nitrogens is 3. The third-order valence-electron chi connectivity index (χ3n) is 1.86. The molecule has 1 heterocycles. The van der Waals surface area contributed by atoms with E-state index < -0.39 is 5.95 Å². The molecule has 3 nitrogen and oxygen atoms in total. The molecular formula is C8H13ClFN3. The van der Waals surface area contributed by atoms with Crippen molar-refractivity contribution >= 4 is 11.6 Å². The number of nitrogens with zero attached hydrogens (tertiary/aromatic N) is 3. The van der Waals surface area contributed by atoms with Gasteiger partial charge in [-0.2, -0.15) is 4.39 Å². The van der Waals surface area contributed by atoms with E-state index in [9.17, 15) is 4.39 Å². The van der Waals surface area contributed by atoms with Crippen LogP contribution in [0, 0.1) is 5.95 Å². The number of rotatable bonds is 5. The number of aryl methyl sites for hydroxylation is 1. The molecule has 0 aliphatic heterocycles. The third-order valence-corrected chi connectivity index (χ3v) is 2.21. The molecule has 0 fully saturated rings. The highest BCUT2D eigenvalue weighted by molar-refractivity contribution is 6.29. The summed E-state index contributed by atoms with van der Waals surface area (Å²) in [5.74, 6) is -0.683. The van der Waals surface area contributed by atoms with Gasteiger partial charge in [0.25, 0.3) is 5.95 Å². The summed E-state index contributed by atoms with van der Waals surface area (Å²) < 4.78 is 14.0. The van der Waals surface area contributed by atoms with E-state index in [4.69, 9.17) is 11.6 Å². The zero-order valence-corrected chi connectivity index (χ0v) is 8.39. The zero-order valence-electron chi connectivity index (χ0n) is 7.63. The Morgan fingerprint density at radius 3 is 2.69 bits per heavy atom. The minimum atomic E-state index is -0.683. The van der Waals surface area contributed by atoms with E-state index in [0.717, 1.165) is 12.8 Å². The number of unbranched alkanes of at least 4 members (excludes halogenated alkanes) is 3. The molecule has 0 saturated carbocycles. The lowest BCUT2D eigenvalue weighted by Crippen LogP contribution is -2.00. The van der Waals surface area contributed by atoms with Gasteiger partial charge in [0.05, 0.1) is 0 Å². The molecule has 0 radical (unpaired) electrons. The molecule has 5 heteroatoms. The summed E-state index contributed by atoms with van der Waals surface area (Å²) in [5, 5.41) is 6.81. The van der Waals surface area contributed by atoms with Crippen molar-refractivity contribution in [2.24, 2.45) is 0 Å². The van der Waals surface area contributed by atoms with Gasteiger partial charge in [-0.15, -0.1) is 0 Å². The van der Waals surface area contributed by atoms with Gasteiger partial charge in [0.1, 0.15) is 0 Å². The van der Waals surface area contributed by atoms with Crippen LogP contribution in [0.5, 0.6) is 0 Å². The summed E-state index contributed by atoms with van der Waals surface area (Å²) in [5.41, 5.74) is 0. The molecule has 0 spiro atoms. The van der Waals surface area contributed by atoms with E-state index in [1.807, 2.05) is 0 Å². The van der Waals surface area contributed by atoms with Crippen molar-refractivity contribution in [2.75, 3.05) is 0 Å². The van der Waals surface area contributed by atoms with Gasteiger partial charge in [-0.1, -0.05) is 48.1 Å². The summed E-state index contributed by atoms with van der Waals surface area (Å²) >= 11 is 5.58. The van der Waals surface area contributed by atoms with Gasteiger partial charge in [-0.25, -0.2) is 4.68 Å². The van der Waals surface area contributed by atoms with Crippen molar-refractivity contribution in [1.29, 1.82) is 0 Å². The van der Waals surface area contributed by atoms with Gasteiger partial charge in [0.15, 0.2) is 5.15 Å². The predicted octanol–water partition coefficient (Wildman–Crippen LogP) is 2.65. The number of hydrogen-bond donors (Lipinski definition) is 0. The van der Waals surface area contributed by atoms with Crippen molar-refractivity contribution in [2.45, 2.75) is 39.2 Å². The Morgan fingerprint density at radius 1 is 1.38 bits per heavy atom. The summed E-state index contributed by atoms with van der Waals surface area (Å²) in [6, 6.07) is 0. The molecule has 0 saturated heterocycles. The molecule has 74 valence electrons. The highest BCUT2D eigenvalue weighted by atomic mass is 35.5. The van der Waals surface area contributed by atoms with E-state index in [2.05, 4.69) is 17.2 Å². The molecule has 0 N–H and O–H groups in total. The van der Waals surface area contributed by atoms with E-state index in [1.165, 1.54) is 17.5 Å². The third kappa shape index (κ3) is 2.95. The topological polar surface area (TPSA) is 30.7 Å². The maximum Gasteiger partial charge on any atom is 0.271 e. The van der Waals surface area contributed by atoms with Gasteiger partial charge >= 0.3 is 0 Å². The Bertz CT molecular complexity index is 262. The van der Waals surface area contributed by atoms with Crippen LogP contribution in [0.15, 0.2) is 0 Å². The Balaban J connectivity index is 2.32. The smallest absolute Gasteiger partial charge is 0.231 e. The van der Waals surface area contributed by atoms with Gasteiger partial charge in [-0.05, 0) is 6.42 Å². The second-order valence-electron chi connectivity index (χ2n) is 2.95. The molecule has 1 aromatic heterocycles. The highest BCUT2D eigenvalue weighted by Crippen LogP contribution is 2.11. The zero-order chi connectivity index (χ0) is 9.68. The van der Waals surface area contributed by atoms with E-state index >= 15 is 0 Å². The van der Waals surface area contributed by atoms with Crippen molar-refractivity contribution in [3.05, 3.63) is 11.1 Å². The normalized spacial score (nSPS) is 10.7. The van der Waals surface area contributed by atoms with Crippen molar-refractivity contribution in [3.8, 4) is 0 Å². The average molecular weight is 206 g/mol. The van der Waals surface area contributed by atoms with E-state index in [1.54, 1.807) is 0 Å². The quantitative estimate of drug-likeness (QED) is 0.692. The van der Waals surface area contributed by atoms with Crippen molar-refractivity contribution in [1.82, 2.24) is 15.0 Å². The van der Waals surface area contributed by atoms with Gasteiger partial charge < -0.3 is 0 Å². The monoisotopic (exact) mass is 205 g/mol. The van der Waals surface area contributed by atoms with Gasteiger partial charge in [-0.3, -0.25) is 0 Å². The molecule has 0 aliphatic rings. The first-order valence-electron chi connectivity index (χ1n) is 4.50. The Morgan fingerprint density at radius 2 is 2.15 bits per heavy atom. The molecule has 0 amide bonds.